The first-order chi connectivity index (χ1) is 23.2. The van der Waals surface area contributed by atoms with Crippen molar-refractivity contribution >= 4 is 35.4 Å². The van der Waals surface area contributed by atoms with E-state index in [0.717, 1.165) is 11.3 Å². The Labute approximate surface area is 284 Å². The number of rotatable bonds is 8. The summed E-state index contributed by atoms with van der Waals surface area (Å²) in [7, 11) is 0. The lowest BCUT2D eigenvalue weighted by molar-refractivity contribution is 0.826. The summed E-state index contributed by atoms with van der Waals surface area (Å²) in [6.07, 6.45) is 12.6. The molecule has 0 fully saturated rings. The molecule has 47 heavy (non-hydrogen) atoms. The number of benzene rings is 6. The Balaban J connectivity index is 1.13. The summed E-state index contributed by atoms with van der Waals surface area (Å²) in [4.78, 5) is 0.962. The van der Waals surface area contributed by atoms with E-state index in [1.807, 2.05) is 0 Å². The summed E-state index contributed by atoms with van der Waals surface area (Å²) < 4.78 is 0. The Morgan fingerprint density at radius 2 is 1.00 bits per heavy atom. The maximum atomic E-state index is 4.81. The van der Waals surface area contributed by atoms with Crippen LogP contribution in [0.5, 0.6) is 0 Å². The van der Waals surface area contributed by atoms with Gasteiger partial charge in [0.05, 0.1) is 0 Å². The van der Waals surface area contributed by atoms with Gasteiger partial charge in [0.25, 0.3) is 0 Å². The molecule has 1 aliphatic rings. The van der Waals surface area contributed by atoms with Crippen LogP contribution in [0, 0.1) is 5.92 Å². The Bertz CT molecular complexity index is 1980. The fraction of sp³-hybridized carbons (Fsp3) is 0.0435. The Morgan fingerprint density at radius 3 is 1.49 bits per heavy atom. The van der Waals surface area contributed by atoms with E-state index in [9.17, 15) is 0 Å². The zero-order chi connectivity index (χ0) is 31.8. The zero-order valence-electron chi connectivity index (χ0n) is 26.2. The van der Waals surface area contributed by atoms with Crippen molar-refractivity contribution in [1.82, 2.24) is 0 Å². The number of thiol groups is 1. The van der Waals surface area contributed by atoms with Crippen LogP contribution in [0.4, 0.5) is 0 Å². The van der Waals surface area contributed by atoms with Gasteiger partial charge in [0.1, 0.15) is 0 Å². The molecule has 7 rings (SSSR count). The maximum absolute atomic E-state index is 4.81. The minimum Gasteiger partial charge on any atom is -0.143 e. The highest BCUT2D eigenvalue weighted by Crippen LogP contribution is 2.34. The minimum atomic E-state index is 0.324. The van der Waals surface area contributed by atoms with Crippen LogP contribution in [0.2, 0.25) is 0 Å². The van der Waals surface area contributed by atoms with Crippen LogP contribution in [0.15, 0.2) is 193 Å². The molecule has 0 saturated carbocycles. The van der Waals surface area contributed by atoms with Crippen molar-refractivity contribution in [3.05, 3.63) is 221 Å². The fourth-order valence-electron chi connectivity index (χ4n) is 6.23. The second-order valence-corrected chi connectivity index (χ2v) is 12.4. The highest BCUT2D eigenvalue weighted by Gasteiger charge is 2.13. The van der Waals surface area contributed by atoms with Crippen LogP contribution in [0.1, 0.15) is 39.8 Å². The van der Waals surface area contributed by atoms with E-state index in [2.05, 4.69) is 194 Å². The van der Waals surface area contributed by atoms with Crippen molar-refractivity contribution in [1.29, 1.82) is 0 Å². The van der Waals surface area contributed by atoms with Gasteiger partial charge in [-0.1, -0.05) is 170 Å². The lowest BCUT2D eigenvalue weighted by atomic mass is 9.88. The van der Waals surface area contributed by atoms with Gasteiger partial charge >= 0.3 is 0 Å². The largest absolute Gasteiger partial charge is 0.143 e. The van der Waals surface area contributed by atoms with Gasteiger partial charge in [0.15, 0.2) is 0 Å². The molecule has 1 unspecified atom stereocenters. The zero-order valence-corrected chi connectivity index (χ0v) is 27.1. The smallest absolute Gasteiger partial charge is 0.00523 e. The molecule has 0 N–H and O–H groups in total. The van der Waals surface area contributed by atoms with Crippen LogP contribution in [-0.2, 0) is 0 Å². The van der Waals surface area contributed by atoms with E-state index in [4.69, 9.17) is 12.6 Å². The van der Waals surface area contributed by atoms with Gasteiger partial charge in [0, 0.05) is 4.90 Å². The summed E-state index contributed by atoms with van der Waals surface area (Å²) in [6, 6.07) is 58.0. The molecule has 0 amide bonds. The molecule has 0 nitrogen and oxygen atoms in total. The second kappa shape index (κ2) is 14.4. The first-order valence-corrected chi connectivity index (χ1v) is 16.6. The summed E-state index contributed by atoms with van der Waals surface area (Å²) in [6.45, 7) is 0. The molecule has 0 aliphatic heterocycles. The molecular weight excluding hydrogens is 585 g/mol. The third kappa shape index (κ3) is 7.38. The normalized spacial score (nSPS) is 13.8. The Kier molecular flexibility index (Phi) is 9.26. The minimum absolute atomic E-state index is 0.324. The molecule has 0 bridgehead atoms. The van der Waals surface area contributed by atoms with E-state index in [1.54, 1.807) is 0 Å². The molecule has 1 atom stereocenters. The van der Waals surface area contributed by atoms with E-state index in [-0.39, 0.29) is 0 Å². The van der Waals surface area contributed by atoms with E-state index in [1.165, 1.54) is 61.2 Å². The van der Waals surface area contributed by atoms with Crippen molar-refractivity contribution in [2.45, 2.75) is 11.3 Å². The highest BCUT2D eigenvalue weighted by molar-refractivity contribution is 7.80. The molecule has 226 valence electrons. The molecular formula is C46H36S. The fourth-order valence-corrected chi connectivity index (χ4v) is 6.51. The topological polar surface area (TPSA) is 0 Å². The SMILES string of the molecule is Sc1cc(C2=CCC(C=C(c3ccccc3)c3ccccc3)C=C2)cc(-c2ccc(C=C(c3ccccc3)c3ccccc3)cc2)c1. The van der Waals surface area contributed by atoms with Gasteiger partial charge in [0.2, 0.25) is 0 Å². The molecule has 0 heterocycles. The van der Waals surface area contributed by atoms with Gasteiger partial charge < -0.3 is 0 Å². The molecule has 6 aromatic rings. The molecule has 0 spiro atoms. The first kappa shape index (κ1) is 30.3. The lowest BCUT2D eigenvalue weighted by Crippen LogP contribution is -1.99. The van der Waals surface area contributed by atoms with Gasteiger partial charge in [-0.25, -0.2) is 0 Å². The summed E-state index contributed by atoms with van der Waals surface area (Å²) in [5, 5.41) is 0. The van der Waals surface area contributed by atoms with Crippen molar-refractivity contribution in [2.75, 3.05) is 0 Å². The van der Waals surface area contributed by atoms with Crippen molar-refractivity contribution in [2.24, 2.45) is 5.92 Å². The number of allylic oxidation sites excluding steroid dienone is 5. The van der Waals surface area contributed by atoms with Crippen LogP contribution in [0.25, 0.3) is 33.9 Å². The predicted octanol–water partition coefficient (Wildman–Crippen LogP) is 12.3. The van der Waals surface area contributed by atoms with Gasteiger partial charge in [-0.3, -0.25) is 0 Å². The molecule has 6 aromatic carbocycles. The summed E-state index contributed by atoms with van der Waals surface area (Å²) in [5.74, 6) is 0.324. The van der Waals surface area contributed by atoms with Gasteiger partial charge in [-0.2, -0.15) is 0 Å². The van der Waals surface area contributed by atoms with Crippen LogP contribution in [0.3, 0.4) is 0 Å². The van der Waals surface area contributed by atoms with Gasteiger partial charge in [-0.15, -0.1) is 12.6 Å². The standard InChI is InChI=1S/C46H36S/c47-44-32-42(36-25-21-34(22-26-36)29-45(38-13-5-1-6-14-38)39-15-7-2-8-16-39)31-43(33-44)37-27-23-35(24-28-37)30-46(40-17-9-3-10-18-40)41-19-11-4-12-20-41/h1-23,25-33,35,47H,24H2. The molecule has 1 heteroatoms. The van der Waals surface area contributed by atoms with E-state index >= 15 is 0 Å². The molecule has 0 saturated heterocycles. The maximum Gasteiger partial charge on any atom is 0.00523 e. The Hall–Kier alpha value is -5.37. The average molecular weight is 621 g/mol. The van der Waals surface area contributed by atoms with E-state index < -0.39 is 0 Å². The molecule has 0 aromatic heterocycles. The van der Waals surface area contributed by atoms with E-state index in [0.29, 0.717) is 5.92 Å². The second-order valence-electron chi connectivity index (χ2n) is 11.9. The van der Waals surface area contributed by atoms with Gasteiger partial charge in [-0.05, 0) is 97.8 Å². The predicted molar refractivity (Wildman–Crippen MR) is 204 cm³/mol. The highest BCUT2D eigenvalue weighted by atomic mass is 32.1. The third-order valence-corrected chi connectivity index (χ3v) is 8.92. The first-order valence-electron chi connectivity index (χ1n) is 16.2. The van der Waals surface area contributed by atoms with Crippen LogP contribution in [-0.4, -0.2) is 0 Å². The van der Waals surface area contributed by atoms with Crippen molar-refractivity contribution in [3.8, 4) is 11.1 Å². The summed E-state index contributed by atoms with van der Waals surface area (Å²) >= 11 is 4.81. The monoisotopic (exact) mass is 620 g/mol. The summed E-state index contributed by atoms with van der Waals surface area (Å²) in [5.41, 5.74) is 13.3. The van der Waals surface area contributed by atoms with Crippen LogP contribution < -0.4 is 0 Å². The van der Waals surface area contributed by atoms with Crippen molar-refractivity contribution in [3.63, 3.8) is 0 Å². The average Bonchev–Trinajstić information content (AvgIpc) is 3.14. The van der Waals surface area contributed by atoms with Crippen LogP contribution >= 0.6 is 12.6 Å². The third-order valence-electron chi connectivity index (χ3n) is 8.66. The molecule has 0 radical (unpaired) electrons. The number of hydrogen-bond acceptors (Lipinski definition) is 1. The lowest BCUT2D eigenvalue weighted by Gasteiger charge is -2.17. The van der Waals surface area contributed by atoms with Crippen molar-refractivity contribution < 1.29 is 0 Å². The number of hydrogen-bond donors (Lipinski definition) is 1. The quantitative estimate of drug-likeness (QED) is 0.127. The molecule has 1 aliphatic carbocycles. The Morgan fingerprint density at radius 1 is 0.511 bits per heavy atom.